The van der Waals surface area contributed by atoms with Crippen molar-refractivity contribution >= 4 is 21.6 Å². The van der Waals surface area contributed by atoms with Gasteiger partial charge < -0.3 is 5.32 Å². The first-order chi connectivity index (χ1) is 13.5. The van der Waals surface area contributed by atoms with E-state index < -0.39 is 21.7 Å². The number of hydrogen-bond donors (Lipinski definition) is 1. The predicted molar refractivity (Wildman–Crippen MR) is 110 cm³/mol. The third kappa shape index (κ3) is 6.25. The largest absolute Gasteiger partial charge is 0.350 e. The Morgan fingerprint density at radius 3 is 2.34 bits per heavy atom. The Balaban J connectivity index is 1.97. The van der Waals surface area contributed by atoms with Crippen LogP contribution in [-0.2, 0) is 14.8 Å². The lowest BCUT2D eigenvalue weighted by Gasteiger charge is -2.22. The first-order valence-electron chi connectivity index (χ1n) is 9.28. The zero-order chi connectivity index (χ0) is 21.8. The highest BCUT2D eigenvalue weighted by atomic mass is 32.2. The fourth-order valence-electron chi connectivity index (χ4n) is 2.94. The topological polar surface area (TPSA) is 66.5 Å². The highest BCUT2D eigenvalue weighted by Crippen LogP contribution is 2.21. The maximum atomic E-state index is 13.5. The average molecular weight is 425 g/mol. The van der Waals surface area contributed by atoms with Crippen LogP contribution in [0.1, 0.15) is 42.5 Å². The van der Waals surface area contributed by atoms with E-state index >= 15 is 0 Å². The minimum Gasteiger partial charge on any atom is -0.350 e. The Bertz CT molecular complexity index is 993. The van der Waals surface area contributed by atoms with E-state index in [9.17, 15) is 22.0 Å². The number of carbonyl (C=O) groups excluding carboxylic acids is 1. The lowest BCUT2D eigenvalue weighted by Crippen LogP contribution is -2.32. The van der Waals surface area contributed by atoms with Gasteiger partial charge in [-0.3, -0.25) is 9.10 Å². The lowest BCUT2D eigenvalue weighted by molar-refractivity contribution is -0.121. The summed E-state index contributed by atoms with van der Waals surface area (Å²) in [5.74, 6) is -2.40. The van der Waals surface area contributed by atoms with E-state index in [-0.39, 0.29) is 37.0 Å². The van der Waals surface area contributed by atoms with Crippen LogP contribution < -0.4 is 9.62 Å². The Labute approximate surface area is 170 Å². The number of amides is 1. The van der Waals surface area contributed by atoms with Crippen LogP contribution in [0, 0.1) is 25.5 Å². The molecule has 2 rings (SSSR count). The molecule has 1 N–H and O–H groups in total. The second-order valence-corrected chi connectivity index (χ2v) is 9.08. The molecule has 8 heteroatoms. The number of rotatable bonds is 8. The number of aryl methyl sites for hydroxylation is 2. The van der Waals surface area contributed by atoms with Crippen molar-refractivity contribution in [1.82, 2.24) is 5.32 Å². The molecule has 0 bridgehead atoms. The summed E-state index contributed by atoms with van der Waals surface area (Å²) < 4.78 is 51.6. The second kappa shape index (κ2) is 9.35. The molecule has 2 aromatic carbocycles. The first kappa shape index (κ1) is 22.8. The summed E-state index contributed by atoms with van der Waals surface area (Å²) in [5, 5.41) is 2.90. The van der Waals surface area contributed by atoms with Crippen molar-refractivity contribution in [2.75, 3.05) is 17.1 Å². The van der Waals surface area contributed by atoms with Gasteiger partial charge >= 0.3 is 0 Å². The van der Waals surface area contributed by atoms with Crippen molar-refractivity contribution in [2.45, 2.75) is 39.7 Å². The summed E-state index contributed by atoms with van der Waals surface area (Å²) >= 11 is 0. The number of anilines is 1. The van der Waals surface area contributed by atoms with Gasteiger partial charge in [0.15, 0.2) is 11.6 Å². The molecule has 0 aliphatic heterocycles. The van der Waals surface area contributed by atoms with Gasteiger partial charge in [-0.15, -0.1) is 0 Å². The van der Waals surface area contributed by atoms with Crippen LogP contribution in [0.2, 0.25) is 0 Å². The van der Waals surface area contributed by atoms with E-state index in [0.717, 1.165) is 33.8 Å². The van der Waals surface area contributed by atoms with E-state index in [0.29, 0.717) is 0 Å². The van der Waals surface area contributed by atoms with Crippen LogP contribution in [-0.4, -0.2) is 27.1 Å². The SMILES string of the molecule is Cc1ccc([C@H](C)NC(=O)CCCN(c2ccc(F)c(F)c2)S(C)(=O)=O)cc1C. The number of sulfonamides is 1. The minimum absolute atomic E-state index is 0.0185. The number of nitrogens with one attached hydrogen (secondary N) is 1. The average Bonchev–Trinajstić information content (AvgIpc) is 2.62. The predicted octanol–water partition coefficient (Wildman–Crippen LogP) is 4.01. The summed E-state index contributed by atoms with van der Waals surface area (Å²) in [6.45, 7) is 5.88. The number of carbonyl (C=O) groups is 1. The van der Waals surface area contributed by atoms with Crippen molar-refractivity contribution in [1.29, 1.82) is 0 Å². The van der Waals surface area contributed by atoms with E-state index in [1.165, 1.54) is 11.6 Å². The Hall–Kier alpha value is -2.48. The van der Waals surface area contributed by atoms with Crippen LogP contribution in [0.4, 0.5) is 14.5 Å². The zero-order valence-corrected chi connectivity index (χ0v) is 17.8. The molecule has 1 amide bonds. The smallest absolute Gasteiger partial charge is 0.232 e. The van der Waals surface area contributed by atoms with E-state index in [1.54, 1.807) is 0 Å². The molecule has 0 aromatic heterocycles. The third-order valence-electron chi connectivity index (χ3n) is 4.77. The molecule has 1 atom stereocenters. The maximum Gasteiger partial charge on any atom is 0.232 e. The summed E-state index contributed by atoms with van der Waals surface area (Å²) in [4.78, 5) is 12.3. The van der Waals surface area contributed by atoms with E-state index in [2.05, 4.69) is 5.32 Å². The normalized spacial score (nSPS) is 12.5. The quantitative estimate of drug-likeness (QED) is 0.696. The Morgan fingerprint density at radius 1 is 1.07 bits per heavy atom. The zero-order valence-electron chi connectivity index (χ0n) is 17.0. The van der Waals surface area contributed by atoms with E-state index in [4.69, 9.17) is 0 Å². The maximum absolute atomic E-state index is 13.5. The van der Waals surface area contributed by atoms with Gasteiger partial charge in [0.2, 0.25) is 15.9 Å². The van der Waals surface area contributed by atoms with Gasteiger partial charge in [0.25, 0.3) is 0 Å². The Morgan fingerprint density at radius 2 is 1.76 bits per heavy atom. The standard InChI is InChI=1S/C21H26F2N2O3S/c1-14-7-8-17(12-15(14)2)16(3)24-21(26)6-5-11-25(29(4,27)28)18-9-10-19(22)20(23)13-18/h7-10,12-13,16H,5-6,11H2,1-4H3,(H,24,26)/t16-/m0/s1. The van der Waals surface area contributed by atoms with Crippen molar-refractivity contribution in [3.63, 3.8) is 0 Å². The van der Waals surface area contributed by atoms with Gasteiger partial charge in [0, 0.05) is 19.0 Å². The summed E-state index contributed by atoms with van der Waals surface area (Å²) in [7, 11) is -3.71. The molecule has 0 saturated heterocycles. The van der Waals surface area contributed by atoms with Gasteiger partial charge in [-0.05, 0) is 56.0 Å². The van der Waals surface area contributed by atoms with Gasteiger partial charge in [0.1, 0.15) is 0 Å². The molecule has 5 nitrogen and oxygen atoms in total. The molecule has 0 spiro atoms. The molecule has 158 valence electrons. The highest BCUT2D eigenvalue weighted by Gasteiger charge is 2.19. The van der Waals surface area contributed by atoms with E-state index in [1.807, 2.05) is 39.0 Å². The second-order valence-electron chi connectivity index (χ2n) is 7.17. The number of benzene rings is 2. The summed E-state index contributed by atoms with van der Waals surface area (Å²) in [6.07, 6.45) is 1.32. The van der Waals surface area contributed by atoms with Crippen molar-refractivity contribution in [2.24, 2.45) is 0 Å². The molecule has 0 saturated carbocycles. The monoisotopic (exact) mass is 424 g/mol. The van der Waals surface area contributed by atoms with Crippen molar-refractivity contribution in [3.05, 3.63) is 64.7 Å². The van der Waals surface area contributed by atoms with Gasteiger partial charge in [0.05, 0.1) is 18.0 Å². The lowest BCUT2D eigenvalue weighted by atomic mass is 10.0. The highest BCUT2D eigenvalue weighted by molar-refractivity contribution is 7.92. The number of hydrogen-bond acceptors (Lipinski definition) is 3. The molecule has 0 heterocycles. The van der Waals surface area contributed by atoms with Gasteiger partial charge in [-0.1, -0.05) is 18.2 Å². The molecule has 0 aliphatic rings. The van der Waals surface area contributed by atoms with Gasteiger partial charge in [-0.25, -0.2) is 17.2 Å². The molecule has 0 aliphatic carbocycles. The molecule has 29 heavy (non-hydrogen) atoms. The molecule has 2 aromatic rings. The molecule has 0 radical (unpaired) electrons. The molecule has 0 unspecified atom stereocenters. The number of nitrogens with zero attached hydrogens (tertiary/aromatic N) is 1. The van der Waals surface area contributed by atoms with Crippen LogP contribution in [0.5, 0.6) is 0 Å². The van der Waals surface area contributed by atoms with Crippen molar-refractivity contribution < 1.29 is 22.0 Å². The van der Waals surface area contributed by atoms with Crippen LogP contribution >= 0.6 is 0 Å². The third-order valence-corrected chi connectivity index (χ3v) is 5.96. The molecule has 0 fully saturated rings. The van der Waals surface area contributed by atoms with Crippen LogP contribution in [0.15, 0.2) is 36.4 Å². The van der Waals surface area contributed by atoms with Crippen LogP contribution in [0.25, 0.3) is 0 Å². The fraction of sp³-hybridized carbons (Fsp3) is 0.381. The van der Waals surface area contributed by atoms with Crippen LogP contribution in [0.3, 0.4) is 0 Å². The number of halogens is 2. The molecular weight excluding hydrogens is 398 g/mol. The molecular formula is C21H26F2N2O3S. The Kier molecular flexibility index (Phi) is 7.35. The fourth-order valence-corrected chi connectivity index (χ4v) is 3.90. The van der Waals surface area contributed by atoms with Crippen molar-refractivity contribution in [3.8, 4) is 0 Å². The van der Waals surface area contributed by atoms with Gasteiger partial charge in [-0.2, -0.15) is 0 Å². The minimum atomic E-state index is -3.71. The summed E-state index contributed by atoms with van der Waals surface area (Å²) in [5.41, 5.74) is 3.32. The summed E-state index contributed by atoms with van der Waals surface area (Å²) in [6, 6.07) is 8.70. The first-order valence-corrected chi connectivity index (χ1v) is 11.1.